The first-order chi connectivity index (χ1) is 9.52. The van der Waals surface area contributed by atoms with E-state index in [1.54, 1.807) is 12.1 Å². The van der Waals surface area contributed by atoms with Gasteiger partial charge < -0.3 is 15.0 Å². The molecular weight excluding hydrogens is 259 g/mol. The van der Waals surface area contributed by atoms with Gasteiger partial charge >= 0.3 is 0 Å². The van der Waals surface area contributed by atoms with Crippen molar-refractivity contribution in [3.8, 4) is 0 Å². The van der Waals surface area contributed by atoms with E-state index in [9.17, 15) is 9.18 Å². The zero-order valence-corrected chi connectivity index (χ0v) is 12.0. The van der Waals surface area contributed by atoms with Crippen LogP contribution in [0.3, 0.4) is 0 Å². The van der Waals surface area contributed by atoms with Crippen molar-refractivity contribution in [1.82, 2.24) is 5.32 Å². The Morgan fingerprint density at radius 3 is 2.50 bits per heavy atom. The van der Waals surface area contributed by atoms with Crippen LogP contribution in [0.1, 0.15) is 19.4 Å². The molecule has 110 valence electrons. The first kappa shape index (κ1) is 14.9. The topological polar surface area (TPSA) is 42.8 Å². The molecule has 1 aromatic carbocycles. The molecule has 4 nitrogen and oxygen atoms in total. The van der Waals surface area contributed by atoms with Crippen LogP contribution in [0.4, 0.5) is 4.39 Å². The minimum absolute atomic E-state index is 0.0191. The molecule has 5 heteroatoms. The fraction of sp³-hybridized carbons (Fsp3) is 0.533. The van der Waals surface area contributed by atoms with Gasteiger partial charge in [-0.15, -0.1) is 0 Å². The third-order valence-corrected chi connectivity index (χ3v) is 3.43. The maximum absolute atomic E-state index is 12.8. The quantitative estimate of drug-likeness (QED) is 0.824. The normalized spacial score (nSPS) is 26.2. The van der Waals surface area contributed by atoms with Crippen LogP contribution < -0.4 is 10.2 Å². The minimum Gasteiger partial charge on any atom is -0.364 e. The van der Waals surface area contributed by atoms with Crippen molar-refractivity contribution in [1.29, 1.82) is 0 Å². The van der Waals surface area contributed by atoms with Crippen LogP contribution in [0.25, 0.3) is 0 Å². The average Bonchev–Trinajstić information content (AvgIpc) is 2.37. The summed E-state index contributed by atoms with van der Waals surface area (Å²) >= 11 is 0. The monoisotopic (exact) mass is 281 g/mol. The summed E-state index contributed by atoms with van der Waals surface area (Å²) in [7, 11) is 0. The number of carbonyl (C=O) groups excluding carboxylic acids is 1. The van der Waals surface area contributed by atoms with E-state index in [2.05, 4.69) is 5.32 Å². The van der Waals surface area contributed by atoms with Gasteiger partial charge in [-0.05, 0) is 31.5 Å². The molecule has 1 unspecified atom stereocenters. The van der Waals surface area contributed by atoms with E-state index in [-0.39, 0.29) is 23.9 Å². The van der Waals surface area contributed by atoms with Crippen molar-refractivity contribution in [2.45, 2.75) is 32.6 Å². The highest BCUT2D eigenvalue weighted by Crippen LogP contribution is 2.02. The average molecular weight is 281 g/mol. The molecular formula is C15H22FN2O2+. The number of hydrogen-bond donors (Lipinski definition) is 2. The van der Waals surface area contributed by atoms with Gasteiger partial charge in [-0.3, -0.25) is 4.79 Å². The molecule has 0 spiro atoms. The molecule has 1 fully saturated rings. The van der Waals surface area contributed by atoms with Gasteiger partial charge in [-0.2, -0.15) is 0 Å². The fourth-order valence-corrected chi connectivity index (χ4v) is 2.63. The summed E-state index contributed by atoms with van der Waals surface area (Å²) in [5.41, 5.74) is 0.901. The largest absolute Gasteiger partial charge is 0.364 e. The zero-order valence-electron chi connectivity index (χ0n) is 12.0. The lowest BCUT2D eigenvalue weighted by atomic mass is 10.2. The highest BCUT2D eigenvalue weighted by Gasteiger charge is 2.26. The number of rotatable bonds is 4. The highest BCUT2D eigenvalue weighted by molar-refractivity contribution is 5.76. The Morgan fingerprint density at radius 2 is 1.90 bits per heavy atom. The molecule has 0 radical (unpaired) electrons. The second-order valence-electron chi connectivity index (χ2n) is 5.50. The maximum atomic E-state index is 12.8. The molecule has 1 aliphatic heterocycles. The van der Waals surface area contributed by atoms with E-state index in [0.29, 0.717) is 13.1 Å². The Balaban J connectivity index is 1.76. The van der Waals surface area contributed by atoms with Gasteiger partial charge in [-0.25, -0.2) is 4.39 Å². The van der Waals surface area contributed by atoms with Crippen molar-refractivity contribution < 1.29 is 18.8 Å². The van der Waals surface area contributed by atoms with Crippen molar-refractivity contribution in [2.24, 2.45) is 0 Å². The molecule has 0 aliphatic carbocycles. The van der Waals surface area contributed by atoms with E-state index >= 15 is 0 Å². The van der Waals surface area contributed by atoms with E-state index in [4.69, 9.17) is 4.74 Å². The number of morpholine rings is 1. The molecule has 1 heterocycles. The molecule has 0 saturated carbocycles. The molecule has 0 bridgehead atoms. The van der Waals surface area contributed by atoms with Crippen LogP contribution in [0.15, 0.2) is 24.3 Å². The van der Waals surface area contributed by atoms with Gasteiger partial charge in [0.25, 0.3) is 5.91 Å². The summed E-state index contributed by atoms with van der Waals surface area (Å²) < 4.78 is 18.4. The van der Waals surface area contributed by atoms with Gasteiger partial charge in [0.2, 0.25) is 0 Å². The van der Waals surface area contributed by atoms with E-state index in [0.717, 1.165) is 18.7 Å². The molecule has 1 amide bonds. The van der Waals surface area contributed by atoms with Crippen LogP contribution >= 0.6 is 0 Å². The molecule has 1 aliphatic rings. The number of halogens is 1. The predicted molar refractivity (Wildman–Crippen MR) is 73.8 cm³/mol. The standard InChI is InChI=1S/C15H21FN2O2/c1-11-8-18(9-12(2)20-11)10-15(19)17-7-13-3-5-14(16)6-4-13/h3-6,11-12H,7-10H2,1-2H3,(H,17,19)/p+1/t11-,12+. The predicted octanol–water partition coefficient (Wildman–Crippen LogP) is 0.134. The van der Waals surface area contributed by atoms with Crippen molar-refractivity contribution in [3.63, 3.8) is 0 Å². The number of benzene rings is 1. The maximum Gasteiger partial charge on any atom is 0.275 e. The van der Waals surface area contributed by atoms with Gasteiger partial charge in [0.05, 0.1) is 0 Å². The van der Waals surface area contributed by atoms with Gasteiger partial charge in [-0.1, -0.05) is 12.1 Å². The van der Waals surface area contributed by atoms with E-state index < -0.39 is 0 Å². The summed E-state index contributed by atoms with van der Waals surface area (Å²) in [6.45, 7) is 6.67. The van der Waals surface area contributed by atoms with Gasteiger partial charge in [0, 0.05) is 6.54 Å². The number of hydrogen-bond acceptors (Lipinski definition) is 2. The van der Waals surface area contributed by atoms with Crippen LogP contribution in [0.5, 0.6) is 0 Å². The van der Waals surface area contributed by atoms with Gasteiger partial charge in [0.15, 0.2) is 6.54 Å². The molecule has 3 atom stereocenters. The summed E-state index contributed by atoms with van der Waals surface area (Å²) in [5.74, 6) is -0.244. The van der Waals surface area contributed by atoms with Crippen molar-refractivity contribution in [2.75, 3.05) is 19.6 Å². The molecule has 2 N–H and O–H groups in total. The highest BCUT2D eigenvalue weighted by atomic mass is 19.1. The number of ether oxygens (including phenoxy) is 1. The summed E-state index contributed by atoms with van der Waals surface area (Å²) in [6.07, 6.45) is 0.386. The van der Waals surface area contributed by atoms with Crippen molar-refractivity contribution >= 4 is 5.91 Å². The Morgan fingerprint density at radius 1 is 1.30 bits per heavy atom. The lowest BCUT2D eigenvalue weighted by molar-refractivity contribution is -0.907. The number of quaternary nitrogens is 1. The SMILES string of the molecule is C[C@@H]1C[NH+](CC(=O)NCc2ccc(F)cc2)C[C@H](C)O1. The fourth-order valence-electron chi connectivity index (χ4n) is 2.63. The number of nitrogens with one attached hydrogen (secondary N) is 2. The first-order valence-corrected chi connectivity index (χ1v) is 7.03. The minimum atomic E-state index is -0.263. The van der Waals surface area contributed by atoms with E-state index in [1.807, 2.05) is 13.8 Å². The number of carbonyl (C=O) groups is 1. The molecule has 20 heavy (non-hydrogen) atoms. The smallest absolute Gasteiger partial charge is 0.275 e. The Bertz CT molecular complexity index is 440. The molecule has 1 aromatic rings. The molecule has 1 saturated heterocycles. The molecule has 2 rings (SSSR count). The molecule has 0 aromatic heterocycles. The Labute approximate surface area is 118 Å². The second kappa shape index (κ2) is 6.81. The summed E-state index contributed by atoms with van der Waals surface area (Å²) in [5, 5.41) is 2.87. The lowest BCUT2D eigenvalue weighted by Gasteiger charge is -2.31. The first-order valence-electron chi connectivity index (χ1n) is 7.03. The summed E-state index contributed by atoms with van der Waals surface area (Å²) in [6, 6.07) is 6.17. The third-order valence-electron chi connectivity index (χ3n) is 3.43. The Kier molecular flexibility index (Phi) is 5.09. The summed E-state index contributed by atoms with van der Waals surface area (Å²) in [4.78, 5) is 13.2. The Hall–Kier alpha value is -1.46. The lowest BCUT2D eigenvalue weighted by Crippen LogP contribution is -3.16. The second-order valence-corrected chi connectivity index (χ2v) is 5.50. The van der Waals surface area contributed by atoms with Gasteiger partial charge in [0.1, 0.15) is 31.1 Å². The van der Waals surface area contributed by atoms with Crippen LogP contribution in [0.2, 0.25) is 0 Å². The van der Waals surface area contributed by atoms with Crippen LogP contribution in [-0.2, 0) is 16.1 Å². The number of amides is 1. The third kappa shape index (κ3) is 4.58. The van der Waals surface area contributed by atoms with Crippen molar-refractivity contribution in [3.05, 3.63) is 35.6 Å². The zero-order chi connectivity index (χ0) is 14.5. The van der Waals surface area contributed by atoms with E-state index in [1.165, 1.54) is 17.0 Å². The van der Waals surface area contributed by atoms with Crippen LogP contribution in [0, 0.1) is 5.82 Å². The van der Waals surface area contributed by atoms with Crippen LogP contribution in [-0.4, -0.2) is 37.7 Å².